The van der Waals surface area contributed by atoms with Crippen molar-refractivity contribution in [2.24, 2.45) is 0 Å². The predicted molar refractivity (Wildman–Crippen MR) is 237 cm³/mol. The first-order valence-corrected chi connectivity index (χ1v) is 19.3. The normalized spacial score (nSPS) is 11.8. The summed E-state index contributed by atoms with van der Waals surface area (Å²) >= 11 is 0. The number of hydrogen-bond donors (Lipinski definition) is 0. The zero-order chi connectivity index (χ0) is 38.2. The van der Waals surface area contributed by atoms with E-state index in [0.29, 0.717) is 0 Å². The van der Waals surface area contributed by atoms with Crippen molar-refractivity contribution >= 4 is 76.2 Å². The van der Waals surface area contributed by atoms with Crippen LogP contribution >= 0.6 is 0 Å². The monoisotopic (exact) mass is 738 g/mol. The summed E-state index contributed by atoms with van der Waals surface area (Å²) in [5.41, 5.74) is 13.8. The Hall–Kier alpha value is -7.96. The molecule has 268 valence electrons. The first kappa shape index (κ1) is 32.3. The minimum Gasteiger partial charge on any atom is -0.254 e. The van der Waals surface area contributed by atoms with Crippen molar-refractivity contribution in [3.05, 3.63) is 182 Å². The molecule has 6 aromatic heterocycles. The molecule has 6 aromatic carbocycles. The van der Waals surface area contributed by atoms with Crippen LogP contribution in [0.25, 0.3) is 121 Å². The number of rotatable bonds is 4. The van der Waals surface area contributed by atoms with Crippen LogP contribution in [0.1, 0.15) is 0 Å². The van der Waals surface area contributed by atoms with Crippen molar-refractivity contribution in [3.8, 4) is 44.9 Å². The molecule has 0 bridgehead atoms. The molecular formula is C52H30N6. The highest BCUT2D eigenvalue weighted by molar-refractivity contribution is 6.10. The van der Waals surface area contributed by atoms with E-state index < -0.39 is 0 Å². The van der Waals surface area contributed by atoms with Gasteiger partial charge in [0.2, 0.25) is 0 Å². The third kappa shape index (κ3) is 5.34. The molecule has 6 heterocycles. The molecule has 0 atom stereocenters. The summed E-state index contributed by atoms with van der Waals surface area (Å²) in [6.07, 6.45) is 5.47. The fourth-order valence-electron chi connectivity index (χ4n) is 8.36. The van der Waals surface area contributed by atoms with Gasteiger partial charge in [0.25, 0.3) is 0 Å². The average Bonchev–Trinajstić information content (AvgIpc) is 3.30. The topological polar surface area (TPSA) is 77.3 Å². The Morgan fingerprint density at radius 2 is 0.741 bits per heavy atom. The summed E-state index contributed by atoms with van der Waals surface area (Å²) in [5, 5.41) is 8.77. The van der Waals surface area contributed by atoms with Gasteiger partial charge in [0, 0.05) is 67.6 Å². The zero-order valence-electron chi connectivity index (χ0n) is 31.0. The number of hydrogen-bond acceptors (Lipinski definition) is 6. The molecule has 0 aliphatic carbocycles. The third-order valence-corrected chi connectivity index (χ3v) is 11.3. The first-order valence-electron chi connectivity index (χ1n) is 19.3. The Kier molecular flexibility index (Phi) is 7.13. The van der Waals surface area contributed by atoms with E-state index in [-0.39, 0.29) is 0 Å². The van der Waals surface area contributed by atoms with Gasteiger partial charge < -0.3 is 0 Å². The number of benzene rings is 6. The summed E-state index contributed by atoms with van der Waals surface area (Å²) in [4.78, 5) is 29.2. The molecule has 0 N–H and O–H groups in total. The SMILES string of the molecule is c1cnc2c(c1)ccc1ccc(-c3ccc4cc(-c5ccc6cc(-c7ccc8nc(-c9cc%10cccnc%10c%10ncccc9%10)ccc8c7)ccc6n5)ccc4c3)nc12. The molecule has 0 aliphatic rings. The second-order valence-corrected chi connectivity index (χ2v) is 14.8. The van der Waals surface area contributed by atoms with E-state index in [4.69, 9.17) is 15.0 Å². The number of fused-ring (bicyclic) bond motifs is 9. The van der Waals surface area contributed by atoms with Gasteiger partial charge in [-0.05, 0) is 101 Å². The van der Waals surface area contributed by atoms with Crippen LogP contribution in [0.4, 0.5) is 0 Å². The van der Waals surface area contributed by atoms with Crippen LogP contribution in [-0.4, -0.2) is 29.9 Å². The Morgan fingerprint density at radius 1 is 0.276 bits per heavy atom. The van der Waals surface area contributed by atoms with Crippen LogP contribution in [0.2, 0.25) is 0 Å². The van der Waals surface area contributed by atoms with Crippen LogP contribution < -0.4 is 0 Å². The van der Waals surface area contributed by atoms with Crippen LogP contribution in [0, 0.1) is 0 Å². The summed E-state index contributed by atoms with van der Waals surface area (Å²) in [7, 11) is 0. The standard InChI is InChI=1S/C52H30N6/c1-4-31-7-8-32-13-18-47(58-51(32)49(31)53-23-1)38-12-10-33-26-37(11-9-34(33)27-38)45-21-16-39-28-35(14-19-44(39)56-45)36-15-20-46-40(29-36)17-22-48(57-46)43-30-41-5-2-24-54-50(41)52-42(43)6-3-25-55-52/h1-30H. The van der Waals surface area contributed by atoms with Crippen molar-refractivity contribution in [2.45, 2.75) is 0 Å². The van der Waals surface area contributed by atoms with Crippen LogP contribution in [0.5, 0.6) is 0 Å². The van der Waals surface area contributed by atoms with E-state index in [1.54, 1.807) is 0 Å². The molecule has 12 aromatic rings. The minimum absolute atomic E-state index is 0.889. The Bertz CT molecular complexity index is 3650. The molecule has 0 unspecified atom stereocenters. The van der Waals surface area contributed by atoms with Crippen molar-refractivity contribution in [1.29, 1.82) is 0 Å². The van der Waals surface area contributed by atoms with Crippen LogP contribution in [-0.2, 0) is 0 Å². The van der Waals surface area contributed by atoms with Crippen LogP contribution in [0.15, 0.2) is 182 Å². The maximum Gasteiger partial charge on any atom is 0.0972 e. The summed E-state index contributed by atoms with van der Waals surface area (Å²) in [6.45, 7) is 0. The molecule has 58 heavy (non-hydrogen) atoms. The zero-order valence-corrected chi connectivity index (χ0v) is 31.0. The van der Waals surface area contributed by atoms with E-state index in [1.807, 2.05) is 36.8 Å². The molecule has 6 nitrogen and oxygen atoms in total. The molecule has 0 spiro atoms. The fourth-order valence-corrected chi connectivity index (χ4v) is 8.36. The lowest BCUT2D eigenvalue weighted by Crippen LogP contribution is -1.91. The van der Waals surface area contributed by atoms with Gasteiger partial charge in [-0.1, -0.05) is 84.9 Å². The molecule has 0 saturated carbocycles. The first-order chi connectivity index (χ1) is 28.7. The maximum absolute atomic E-state index is 5.12. The van der Waals surface area contributed by atoms with Gasteiger partial charge in [-0.3, -0.25) is 15.0 Å². The molecule has 12 rings (SSSR count). The van der Waals surface area contributed by atoms with E-state index in [9.17, 15) is 0 Å². The Morgan fingerprint density at radius 3 is 1.43 bits per heavy atom. The number of pyridine rings is 6. The van der Waals surface area contributed by atoms with Crippen molar-refractivity contribution < 1.29 is 0 Å². The van der Waals surface area contributed by atoms with Gasteiger partial charge in [0.1, 0.15) is 0 Å². The largest absolute Gasteiger partial charge is 0.254 e. The summed E-state index contributed by atoms with van der Waals surface area (Å²) < 4.78 is 0. The van der Waals surface area contributed by atoms with E-state index in [2.05, 4.69) is 161 Å². The Balaban J connectivity index is 0.831. The average molecular weight is 739 g/mol. The molecule has 0 fully saturated rings. The predicted octanol–water partition coefficient (Wildman–Crippen LogP) is 12.8. The van der Waals surface area contributed by atoms with Gasteiger partial charge in [0.05, 0.1) is 50.2 Å². The minimum atomic E-state index is 0.889. The Labute approximate surface area is 332 Å². The molecular weight excluding hydrogens is 709 g/mol. The molecule has 0 aliphatic heterocycles. The smallest absolute Gasteiger partial charge is 0.0972 e. The molecule has 6 heteroatoms. The summed E-state index contributed by atoms with van der Waals surface area (Å²) in [6, 6.07) is 57.4. The third-order valence-electron chi connectivity index (χ3n) is 11.3. The number of nitrogens with zero attached hydrogens (tertiary/aromatic N) is 6. The van der Waals surface area contributed by atoms with Gasteiger partial charge in [0.15, 0.2) is 0 Å². The van der Waals surface area contributed by atoms with Gasteiger partial charge in [-0.2, -0.15) is 0 Å². The molecule has 0 saturated heterocycles. The lowest BCUT2D eigenvalue weighted by atomic mass is 9.98. The lowest BCUT2D eigenvalue weighted by Gasteiger charge is -2.11. The van der Waals surface area contributed by atoms with Crippen LogP contribution in [0.3, 0.4) is 0 Å². The second-order valence-electron chi connectivity index (χ2n) is 14.8. The highest BCUT2D eigenvalue weighted by Gasteiger charge is 2.13. The van der Waals surface area contributed by atoms with E-state index in [0.717, 1.165) is 121 Å². The van der Waals surface area contributed by atoms with Gasteiger partial charge in [-0.15, -0.1) is 0 Å². The fraction of sp³-hybridized carbons (Fsp3) is 0. The second kappa shape index (κ2) is 12.8. The molecule has 0 amide bonds. The number of aromatic nitrogens is 6. The highest BCUT2D eigenvalue weighted by atomic mass is 14.8. The van der Waals surface area contributed by atoms with Gasteiger partial charge in [-0.25, -0.2) is 15.0 Å². The summed E-state index contributed by atoms with van der Waals surface area (Å²) in [5.74, 6) is 0. The maximum atomic E-state index is 5.12. The highest BCUT2D eigenvalue weighted by Crippen LogP contribution is 2.35. The van der Waals surface area contributed by atoms with Gasteiger partial charge >= 0.3 is 0 Å². The van der Waals surface area contributed by atoms with Crippen molar-refractivity contribution in [3.63, 3.8) is 0 Å². The van der Waals surface area contributed by atoms with E-state index in [1.165, 1.54) is 0 Å². The van der Waals surface area contributed by atoms with E-state index >= 15 is 0 Å². The van der Waals surface area contributed by atoms with Crippen molar-refractivity contribution in [2.75, 3.05) is 0 Å². The quantitative estimate of drug-likeness (QED) is 0.167. The van der Waals surface area contributed by atoms with Crippen molar-refractivity contribution in [1.82, 2.24) is 29.9 Å². The lowest BCUT2D eigenvalue weighted by molar-refractivity contribution is 1.36. The molecule has 0 radical (unpaired) electrons.